The molecule has 0 radical (unpaired) electrons. The fraction of sp³-hybridized carbons (Fsp3) is 0.375. The number of likely N-dealkylation sites (N-methyl/N-ethyl adjacent to an activating group) is 1. The van der Waals surface area contributed by atoms with E-state index in [-0.39, 0.29) is 24.3 Å². The zero-order valence-electron chi connectivity index (χ0n) is 20.7. The first-order chi connectivity index (χ1) is 16.8. The van der Waals surface area contributed by atoms with Crippen molar-refractivity contribution in [2.45, 2.75) is 39.7 Å². The predicted octanol–water partition coefficient (Wildman–Crippen LogP) is 4.22. The fourth-order valence-corrected chi connectivity index (χ4v) is 2.87. The summed E-state index contributed by atoms with van der Waals surface area (Å²) in [6.45, 7) is 7.15. The van der Waals surface area contributed by atoms with Crippen molar-refractivity contribution >= 4 is 29.4 Å². The Labute approximate surface area is 207 Å². The molecule has 9 nitrogen and oxygen atoms in total. The maximum atomic E-state index is 14.5. The number of amides is 4. The molecule has 0 atom stereocenters. The number of hydrogen-bond acceptors (Lipinski definition) is 5. The lowest BCUT2D eigenvalue weighted by Gasteiger charge is -2.24. The Kier molecular flexibility index (Phi) is 9.53. The van der Waals surface area contributed by atoms with Gasteiger partial charge in [0.05, 0.1) is 16.9 Å². The van der Waals surface area contributed by atoms with Crippen LogP contribution in [0.2, 0.25) is 0 Å². The van der Waals surface area contributed by atoms with Gasteiger partial charge in [-0.25, -0.2) is 28.2 Å². The van der Waals surface area contributed by atoms with Crippen LogP contribution < -0.4 is 21.5 Å². The molecule has 0 aliphatic carbocycles. The van der Waals surface area contributed by atoms with E-state index in [1.807, 2.05) is 6.92 Å². The number of hydrazine groups is 1. The molecule has 196 valence electrons. The molecule has 0 aliphatic heterocycles. The number of ether oxygens (including phenoxy) is 1. The summed E-state index contributed by atoms with van der Waals surface area (Å²) < 4.78 is 47.9. The van der Waals surface area contributed by atoms with Crippen LogP contribution in [-0.2, 0) is 11.2 Å². The highest BCUT2D eigenvalue weighted by molar-refractivity contribution is 6.01. The number of benzene rings is 2. The number of anilines is 2. The monoisotopic (exact) mass is 509 g/mol. The Hall–Kier alpha value is -3.96. The van der Waals surface area contributed by atoms with Gasteiger partial charge in [0.2, 0.25) is 0 Å². The van der Waals surface area contributed by atoms with E-state index in [0.717, 1.165) is 12.1 Å². The van der Waals surface area contributed by atoms with E-state index in [0.29, 0.717) is 12.0 Å². The Bertz CT molecular complexity index is 1120. The number of carbonyl (C=O) groups is 3. The molecule has 4 amide bonds. The van der Waals surface area contributed by atoms with Crippen molar-refractivity contribution in [2.75, 3.05) is 25.5 Å². The second-order valence-electron chi connectivity index (χ2n) is 8.81. The van der Waals surface area contributed by atoms with Crippen LogP contribution in [0.4, 0.5) is 34.1 Å². The highest BCUT2D eigenvalue weighted by Crippen LogP contribution is 2.28. The molecule has 0 fully saturated rings. The molecule has 12 heteroatoms. The van der Waals surface area contributed by atoms with Crippen molar-refractivity contribution in [3.05, 3.63) is 58.9 Å². The highest BCUT2D eigenvalue weighted by Gasteiger charge is 2.21. The van der Waals surface area contributed by atoms with Gasteiger partial charge in [0.1, 0.15) is 11.4 Å². The van der Waals surface area contributed by atoms with Gasteiger partial charge in [0, 0.05) is 20.1 Å². The molecule has 0 heterocycles. The molecule has 2 aromatic rings. The second kappa shape index (κ2) is 12.1. The largest absolute Gasteiger partial charge is 0.444 e. The van der Waals surface area contributed by atoms with Crippen LogP contribution in [0, 0.1) is 17.5 Å². The lowest BCUT2D eigenvalue weighted by atomic mass is 10.1. The van der Waals surface area contributed by atoms with Crippen LogP contribution in [0.3, 0.4) is 0 Å². The van der Waals surface area contributed by atoms with E-state index in [4.69, 9.17) is 4.74 Å². The van der Waals surface area contributed by atoms with Crippen LogP contribution in [0.1, 0.15) is 43.6 Å². The SMILES string of the molecule is CCc1ccc(Nc2c(C(=O)NNC(=O)NCCN(C)C(=O)OC(C)(C)C)ccc(F)c2F)c(F)c1. The first-order valence-electron chi connectivity index (χ1n) is 11.1. The Morgan fingerprint density at radius 1 is 1.00 bits per heavy atom. The summed E-state index contributed by atoms with van der Waals surface area (Å²) in [5.41, 5.74) is 3.03. The standard InChI is InChI=1S/C24H30F3N5O4/c1-6-14-7-10-18(17(26)13-14)29-20-15(8-9-16(25)19(20)27)21(33)30-31-22(34)28-11-12-32(5)23(35)36-24(2,3)4/h7-10,13,29H,6,11-12H2,1-5H3,(H,30,33)(H2,28,31,34). The molecule has 0 aromatic heterocycles. The number of urea groups is 1. The predicted molar refractivity (Wildman–Crippen MR) is 128 cm³/mol. The van der Waals surface area contributed by atoms with Gasteiger partial charge in [-0.3, -0.25) is 10.2 Å². The summed E-state index contributed by atoms with van der Waals surface area (Å²) in [5.74, 6) is -4.34. The van der Waals surface area contributed by atoms with Gasteiger partial charge in [-0.05, 0) is 57.0 Å². The molecular weight excluding hydrogens is 479 g/mol. The van der Waals surface area contributed by atoms with Gasteiger partial charge in [0.15, 0.2) is 11.6 Å². The smallest absolute Gasteiger partial charge is 0.410 e. The molecule has 0 saturated heterocycles. The summed E-state index contributed by atoms with van der Waals surface area (Å²) in [6.07, 6.45) is 0.00153. The number of carbonyl (C=O) groups excluding carboxylic acids is 3. The molecule has 0 spiro atoms. The third-order valence-corrected chi connectivity index (χ3v) is 4.77. The van der Waals surface area contributed by atoms with Crippen LogP contribution >= 0.6 is 0 Å². The fourth-order valence-electron chi connectivity index (χ4n) is 2.87. The Morgan fingerprint density at radius 2 is 1.69 bits per heavy atom. The van der Waals surface area contributed by atoms with Crippen molar-refractivity contribution in [3.8, 4) is 0 Å². The molecule has 0 saturated carbocycles. The summed E-state index contributed by atoms with van der Waals surface area (Å²) in [6, 6.07) is 5.10. The zero-order chi connectivity index (χ0) is 27.0. The number of nitrogens with one attached hydrogen (secondary N) is 4. The number of nitrogens with zero attached hydrogens (tertiary/aromatic N) is 1. The van der Waals surface area contributed by atoms with Crippen molar-refractivity contribution in [1.29, 1.82) is 0 Å². The first kappa shape index (κ1) is 28.3. The Balaban J connectivity index is 1.99. The normalized spacial score (nSPS) is 10.9. The molecular formula is C24H30F3N5O4. The maximum Gasteiger partial charge on any atom is 0.410 e. The van der Waals surface area contributed by atoms with E-state index in [1.54, 1.807) is 26.8 Å². The van der Waals surface area contributed by atoms with Crippen molar-refractivity contribution in [3.63, 3.8) is 0 Å². The number of halogens is 3. The van der Waals surface area contributed by atoms with Gasteiger partial charge in [0.25, 0.3) is 5.91 Å². The third kappa shape index (κ3) is 8.07. The number of hydrogen-bond donors (Lipinski definition) is 4. The highest BCUT2D eigenvalue weighted by atomic mass is 19.2. The van der Waals surface area contributed by atoms with Gasteiger partial charge < -0.3 is 20.3 Å². The van der Waals surface area contributed by atoms with Crippen molar-refractivity contribution in [1.82, 2.24) is 21.1 Å². The quantitative estimate of drug-likeness (QED) is 0.418. The average molecular weight is 510 g/mol. The average Bonchev–Trinajstić information content (AvgIpc) is 2.80. The molecule has 2 rings (SSSR count). The van der Waals surface area contributed by atoms with Crippen LogP contribution in [0.5, 0.6) is 0 Å². The van der Waals surface area contributed by atoms with Crippen molar-refractivity contribution < 1.29 is 32.3 Å². The molecule has 4 N–H and O–H groups in total. The van der Waals surface area contributed by atoms with Crippen LogP contribution in [-0.4, -0.2) is 48.7 Å². The lowest BCUT2D eigenvalue weighted by molar-refractivity contribution is 0.0301. The summed E-state index contributed by atoms with van der Waals surface area (Å²) in [7, 11) is 1.49. The van der Waals surface area contributed by atoms with Gasteiger partial charge in [-0.15, -0.1) is 0 Å². The number of rotatable bonds is 7. The van der Waals surface area contributed by atoms with E-state index in [2.05, 4.69) is 21.5 Å². The lowest BCUT2D eigenvalue weighted by Crippen LogP contribution is -2.48. The van der Waals surface area contributed by atoms with Crippen LogP contribution in [0.15, 0.2) is 30.3 Å². The van der Waals surface area contributed by atoms with E-state index in [9.17, 15) is 27.6 Å². The third-order valence-electron chi connectivity index (χ3n) is 4.77. The number of aryl methyl sites for hydroxylation is 1. The minimum atomic E-state index is -1.39. The summed E-state index contributed by atoms with van der Waals surface area (Å²) in [5, 5.41) is 4.83. The maximum absolute atomic E-state index is 14.5. The van der Waals surface area contributed by atoms with E-state index >= 15 is 0 Å². The van der Waals surface area contributed by atoms with Crippen molar-refractivity contribution in [2.24, 2.45) is 0 Å². The Morgan fingerprint density at radius 3 is 2.31 bits per heavy atom. The minimum absolute atomic E-state index is 0.0302. The van der Waals surface area contributed by atoms with Crippen LogP contribution in [0.25, 0.3) is 0 Å². The van der Waals surface area contributed by atoms with Gasteiger partial charge in [-0.1, -0.05) is 13.0 Å². The topological polar surface area (TPSA) is 112 Å². The zero-order valence-corrected chi connectivity index (χ0v) is 20.7. The molecule has 0 bridgehead atoms. The second-order valence-corrected chi connectivity index (χ2v) is 8.81. The van der Waals surface area contributed by atoms with E-state index < -0.39 is 46.8 Å². The molecule has 0 unspecified atom stereocenters. The van der Waals surface area contributed by atoms with Gasteiger partial charge >= 0.3 is 12.1 Å². The summed E-state index contributed by atoms with van der Waals surface area (Å²) in [4.78, 5) is 37.7. The molecule has 0 aliphatic rings. The van der Waals surface area contributed by atoms with E-state index in [1.165, 1.54) is 24.1 Å². The summed E-state index contributed by atoms with van der Waals surface area (Å²) >= 11 is 0. The minimum Gasteiger partial charge on any atom is -0.444 e. The van der Waals surface area contributed by atoms with Gasteiger partial charge in [-0.2, -0.15) is 0 Å². The first-order valence-corrected chi connectivity index (χ1v) is 11.1. The molecule has 36 heavy (non-hydrogen) atoms. The molecule has 2 aromatic carbocycles.